The number of carbonyl (C=O) groups excluding carboxylic acids is 4. The average molecular weight is 554 g/mol. The van der Waals surface area contributed by atoms with Gasteiger partial charge in [0.05, 0.1) is 13.2 Å². The lowest BCUT2D eigenvalue weighted by atomic mass is 9.98. The number of aromatic amines is 1. The van der Waals surface area contributed by atoms with Gasteiger partial charge in [0, 0.05) is 43.1 Å². The van der Waals surface area contributed by atoms with Gasteiger partial charge in [-0.2, -0.15) is 0 Å². The first kappa shape index (κ1) is 29.9. The van der Waals surface area contributed by atoms with Crippen molar-refractivity contribution in [1.82, 2.24) is 25.9 Å². The molecule has 3 amide bonds. The Balaban J connectivity index is 1.90. The highest BCUT2D eigenvalue weighted by Gasteiger charge is 2.35. The molecule has 0 radical (unpaired) electrons. The molecule has 5 N–H and O–H groups in total. The molecule has 3 atom stereocenters. The van der Waals surface area contributed by atoms with E-state index in [1.807, 2.05) is 13.8 Å². The van der Waals surface area contributed by atoms with Crippen LogP contribution in [0.15, 0.2) is 42.6 Å². The minimum absolute atomic E-state index is 0.0166. The van der Waals surface area contributed by atoms with Gasteiger partial charge in [-0.3, -0.25) is 19.2 Å². The molecule has 3 aromatic rings. The molecule has 0 saturated carbocycles. The number of aromatic nitrogens is 2. The zero-order valence-electron chi connectivity index (χ0n) is 23.1. The average Bonchev–Trinajstić information content (AvgIpc) is 3.36. The van der Waals surface area contributed by atoms with Crippen LogP contribution in [0.2, 0.25) is 0 Å². The van der Waals surface area contributed by atoms with Gasteiger partial charge in [-0.1, -0.05) is 26.0 Å². The zero-order valence-corrected chi connectivity index (χ0v) is 23.1. The Morgan fingerprint density at radius 2 is 1.82 bits per heavy atom. The van der Waals surface area contributed by atoms with Gasteiger partial charge in [-0.05, 0) is 36.6 Å². The highest BCUT2D eigenvalue weighted by atomic mass is 16.5. The van der Waals surface area contributed by atoms with Crippen molar-refractivity contribution < 1.29 is 33.8 Å². The van der Waals surface area contributed by atoms with E-state index in [2.05, 4.69) is 25.9 Å². The Hall–Kier alpha value is -4.61. The van der Waals surface area contributed by atoms with Gasteiger partial charge in [0.25, 0.3) is 11.8 Å². The van der Waals surface area contributed by atoms with Gasteiger partial charge in [-0.15, -0.1) is 0 Å². The number of hydrogen-bond donors (Lipinski definition) is 5. The van der Waals surface area contributed by atoms with Gasteiger partial charge in [-0.25, -0.2) is 4.98 Å². The smallest absolute Gasteiger partial charge is 0.303 e. The molecule has 0 spiro atoms. The number of pyridine rings is 1. The largest absolute Gasteiger partial charge is 0.496 e. The Morgan fingerprint density at radius 1 is 1.07 bits per heavy atom. The molecule has 12 nitrogen and oxygen atoms in total. The van der Waals surface area contributed by atoms with Crippen molar-refractivity contribution >= 4 is 34.6 Å². The summed E-state index contributed by atoms with van der Waals surface area (Å²) in [5, 5.41) is 18.9. The standard InChI is InChI=1S/C28H35N5O7/c1-15(2)12-21(33-27(37)22-14-18-19(31-22)9-6-10-23(18)39-5)26(36)32-20(13-17-8-7-11-30-25(17)35)24(28(38)29-4)40-16(3)34/h6-11,14-15,20-21,24,31H,12-13H2,1-5H3,(H,29,38)(H,30,35)(H,32,36)(H,33,37)/t20-,21-,24?/m0/s1. The molecule has 214 valence electrons. The first-order valence-corrected chi connectivity index (χ1v) is 12.8. The summed E-state index contributed by atoms with van der Waals surface area (Å²) in [6.45, 7) is 4.95. The Kier molecular flexibility index (Phi) is 10.1. The first-order chi connectivity index (χ1) is 19.0. The number of amides is 3. The van der Waals surface area contributed by atoms with Crippen molar-refractivity contribution in [3.05, 3.63) is 53.9 Å². The van der Waals surface area contributed by atoms with Crippen molar-refractivity contribution in [1.29, 1.82) is 0 Å². The van der Waals surface area contributed by atoms with Crippen LogP contribution in [0.25, 0.3) is 10.9 Å². The Bertz CT molecular complexity index is 1370. The van der Waals surface area contributed by atoms with Crippen LogP contribution in [-0.2, 0) is 25.5 Å². The monoisotopic (exact) mass is 553 g/mol. The maximum Gasteiger partial charge on any atom is 0.303 e. The van der Waals surface area contributed by atoms with Crippen molar-refractivity contribution in [2.75, 3.05) is 14.2 Å². The summed E-state index contributed by atoms with van der Waals surface area (Å²) in [6.07, 6.45) is 0.177. The number of rotatable bonds is 12. The summed E-state index contributed by atoms with van der Waals surface area (Å²) in [5.41, 5.74) is 1.26. The van der Waals surface area contributed by atoms with Crippen molar-refractivity contribution in [2.24, 2.45) is 5.92 Å². The van der Waals surface area contributed by atoms with Crippen LogP contribution in [0.1, 0.15) is 43.2 Å². The van der Waals surface area contributed by atoms with E-state index in [0.29, 0.717) is 22.2 Å². The minimum atomic E-state index is -1.41. The van der Waals surface area contributed by atoms with E-state index < -0.39 is 41.9 Å². The fraction of sp³-hybridized carbons (Fsp3) is 0.393. The Labute approximate surface area is 231 Å². The summed E-state index contributed by atoms with van der Waals surface area (Å²) in [5.74, 6) is -2.17. The van der Waals surface area contributed by atoms with Gasteiger partial charge in [0.1, 0.15) is 17.5 Å². The second-order valence-electron chi connectivity index (χ2n) is 9.71. The third kappa shape index (κ3) is 7.49. The van der Waals surface area contributed by atoms with Gasteiger partial charge < -0.3 is 35.5 Å². The number of benzene rings is 1. The molecule has 40 heavy (non-hydrogen) atoms. The summed E-state index contributed by atoms with van der Waals surface area (Å²) in [7, 11) is 2.91. The van der Waals surface area contributed by atoms with E-state index in [0.717, 1.165) is 6.92 Å². The third-order valence-electron chi connectivity index (χ3n) is 6.22. The summed E-state index contributed by atoms with van der Waals surface area (Å²) in [6, 6.07) is 8.10. The summed E-state index contributed by atoms with van der Waals surface area (Å²) in [4.78, 5) is 58.2. The first-order valence-electron chi connectivity index (χ1n) is 12.8. The van der Waals surface area contributed by atoms with Gasteiger partial charge in [0.15, 0.2) is 6.10 Å². The molecule has 1 unspecified atom stereocenters. The number of nitrogens with zero attached hydrogens (tertiary/aromatic N) is 1. The van der Waals surface area contributed by atoms with E-state index in [-0.39, 0.29) is 30.3 Å². The van der Waals surface area contributed by atoms with E-state index in [9.17, 15) is 24.3 Å². The molecule has 0 aliphatic heterocycles. The Morgan fingerprint density at radius 3 is 2.45 bits per heavy atom. The van der Waals surface area contributed by atoms with Crippen LogP contribution in [0.5, 0.6) is 11.6 Å². The van der Waals surface area contributed by atoms with Crippen LogP contribution in [0, 0.1) is 5.92 Å². The molecule has 0 bridgehead atoms. The molecule has 0 aliphatic carbocycles. The molecule has 3 rings (SSSR count). The molecular formula is C28H35N5O7. The molecule has 2 heterocycles. The highest BCUT2D eigenvalue weighted by molar-refractivity contribution is 6.01. The SMILES string of the molecule is CNC(=O)C(OC(C)=O)[C@H](Cc1cccnc1O)NC(=O)[C@H](CC(C)C)NC(=O)c1cc2c(OC)cccc2[nH]1. The molecule has 1 aromatic carbocycles. The van der Waals surface area contributed by atoms with Gasteiger partial charge in [0.2, 0.25) is 11.8 Å². The van der Waals surface area contributed by atoms with Crippen LogP contribution in [0.4, 0.5) is 0 Å². The van der Waals surface area contributed by atoms with Gasteiger partial charge >= 0.3 is 5.97 Å². The van der Waals surface area contributed by atoms with Crippen LogP contribution in [-0.4, -0.2) is 71.1 Å². The molecule has 12 heteroatoms. The topological polar surface area (TPSA) is 172 Å². The second kappa shape index (κ2) is 13.5. The van der Waals surface area contributed by atoms with Crippen molar-refractivity contribution in [3.63, 3.8) is 0 Å². The normalized spacial score (nSPS) is 13.2. The van der Waals surface area contributed by atoms with Crippen LogP contribution < -0.4 is 20.7 Å². The lowest BCUT2D eigenvalue weighted by molar-refractivity contribution is -0.156. The number of carbonyl (C=O) groups is 4. The van der Waals surface area contributed by atoms with Crippen molar-refractivity contribution in [3.8, 4) is 11.6 Å². The van der Waals surface area contributed by atoms with E-state index in [1.165, 1.54) is 20.4 Å². The molecule has 2 aromatic heterocycles. The third-order valence-corrected chi connectivity index (χ3v) is 6.22. The number of nitrogens with one attached hydrogen (secondary N) is 4. The maximum absolute atomic E-state index is 13.6. The lowest BCUT2D eigenvalue weighted by Gasteiger charge is -2.29. The fourth-order valence-corrected chi connectivity index (χ4v) is 4.35. The summed E-state index contributed by atoms with van der Waals surface area (Å²) < 4.78 is 10.6. The van der Waals surface area contributed by atoms with E-state index >= 15 is 0 Å². The zero-order chi connectivity index (χ0) is 29.4. The van der Waals surface area contributed by atoms with Crippen LogP contribution >= 0.6 is 0 Å². The number of hydrogen-bond acceptors (Lipinski definition) is 8. The fourth-order valence-electron chi connectivity index (χ4n) is 4.35. The number of ether oxygens (including phenoxy) is 2. The predicted octanol–water partition coefficient (Wildman–Crippen LogP) is 1.83. The minimum Gasteiger partial charge on any atom is -0.496 e. The second-order valence-corrected chi connectivity index (χ2v) is 9.71. The number of likely N-dealkylation sites (N-methyl/N-ethyl adjacent to an activating group) is 1. The number of esters is 1. The maximum atomic E-state index is 13.6. The number of methoxy groups -OCH3 is 1. The quantitative estimate of drug-likeness (QED) is 0.211. The number of H-pyrrole nitrogens is 1. The lowest BCUT2D eigenvalue weighted by Crippen LogP contribution is -2.57. The predicted molar refractivity (Wildman–Crippen MR) is 147 cm³/mol. The highest BCUT2D eigenvalue weighted by Crippen LogP contribution is 2.26. The van der Waals surface area contributed by atoms with E-state index in [1.54, 1.807) is 36.4 Å². The number of fused-ring (bicyclic) bond motifs is 1. The van der Waals surface area contributed by atoms with Crippen LogP contribution in [0.3, 0.4) is 0 Å². The number of aromatic hydroxyl groups is 1. The molecule has 0 aliphatic rings. The summed E-state index contributed by atoms with van der Waals surface area (Å²) >= 11 is 0. The molecule has 0 saturated heterocycles. The van der Waals surface area contributed by atoms with E-state index in [4.69, 9.17) is 9.47 Å². The molecule has 0 fully saturated rings. The molecular weight excluding hydrogens is 518 g/mol. The van der Waals surface area contributed by atoms with Crippen molar-refractivity contribution in [2.45, 2.75) is 51.8 Å².